The molecule has 0 aliphatic carbocycles. The highest BCUT2D eigenvalue weighted by molar-refractivity contribution is 6.38. The largest absolute Gasteiger partial charge is 0.280 e. The summed E-state index contributed by atoms with van der Waals surface area (Å²) in [7, 11) is 0. The van der Waals surface area contributed by atoms with Crippen molar-refractivity contribution in [3.8, 4) is 0 Å². The fourth-order valence-corrected chi connectivity index (χ4v) is 2.07. The van der Waals surface area contributed by atoms with Gasteiger partial charge >= 0.3 is 0 Å². The van der Waals surface area contributed by atoms with Crippen LogP contribution < -0.4 is 0 Å². The maximum Gasteiger partial charge on any atom is 0.280 e. The first-order valence-electron chi connectivity index (χ1n) is 4.40. The van der Waals surface area contributed by atoms with Gasteiger partial charge in [-0.2, -0.15) is 0 Å². The molecule has 0 saturated heterocycles. The second-order valence-electron chi connectivity index (χ2n) is 3.31. The Kier molecular flexibility index (Phi) is 2.69. The van der Waals surface area contributed by atoms with Crippen LogP contribution in [0.15, 0.2) is 18.2 Å². The molecular formula is C10H6Cl2N2O2. The predicted molar refractivity (Wildman–Crippen MR) is 63.2 cm³/mol. The first-order valence-corrected chi connectivity index (χ1v) is 5.16. The van der Waals surface area contributed by atoms with Crippen molar-refractivity contribution in [1.29, 1.82) is 0 Å². The van der Waals surface area contributed by atoms with Gasteiger partial charge in [0.15, 0.2) is 0 Å². The monoisotopic (exact) mass is 256 g/mol. The topological polar surface area (TPSA) is 56.0 Å². The zero-order valence-electron chi connectivity index (χ0n) is 8.20. The third-order valence-electron chi connectivity index (χ3n) is 2.26. The van der Waals surface area contributed by atoms with Crippen molar-refractivity contribution >= 4 is 39.8 Å². The summed E-state index contributed by atoms with van der Waals surface area (Å²) in [5.41, 5.74) is 1.20. The van der Waals surface area contributed by atoms with Crippen LogP contribution >= 0.6 is 23.2 Å². The molecule has 0 bridgehead atoms. The highest BCUT2D eigenvalue weighted by Crippen LogP contribution is 2.34. The van der Waals surface area contributed by atoms with Crippen LogP contribution in [0.3, 0.4) is 0 Å². The number of hydrogen-bond acceptors (Lipinski definition) is 3. The van der Waals surface area contributed by atoms with Crippen LogP contribution in [-0.4, -0.2) is 9.91 Å². The van der Waals surface area contributed by atoms with Gasteiger partial charge in [-0.15, -0.1) is 0 Å². The Hall–Kier alpha value is -1.39. The lowest BCUT2D eigenvalue weighted by atomic mass is 10.1. The number of pyridine rings is 1. The quantitative estimate of drug-likeness (QED) is 0.444. The summed E-state index contributed by atoms with van der Waals surface area (Å²) < 4.78 is 0. The number of benzene rings is 1. The molecule has 1 heterocycles. The Bertz CT molecular complexity index is 599. The lowest BCUT2D eigenvalue weighted by Crippen LogP contribution is -1.93. The molecule has 0 fully saturated rings. The Morgan fingerprint density at radius 1 is 1.38 bits per heavy atom. The zero-order valence-corrected chi connectivity index (χ0v) is 9.71. The molecule has 6 heteroatoms. The predicted octanol–water partition coefficient (Wildman–Crippen LogP) is 3.76. The van der Waals surface area contributed by atoms with E-state index in [2.05, 4.69) is 4.98 Å². The Morgan fingerprint density at radius 2 is 2.06 bits per heavy atom. The molecule has 2 rings (SSSR count). The zero-order chi connectivity index (χ0) is 11.9. The number of nitro benzene ring substituents is 1. The maximum absolute atomic E-state index is 10.8. The van der Waals surface area contributed by atoms with Crippen LogP contribution in [0, 0.1) is 17.0 Å². The van der Waals surface area contributed by atoms with Gasteiger partial charge in [0.05, 0.1) is 20.8 Å². The van der Waals surface area contributed by atoms with E-state index in [1.54, 1.807) is 13.0 Å². The molecular weight excluding hydrogens is 251 g/mol. The number of fused-ring (bicyclic) bond motifs is 1. The molecule has 4 nitrogen and oxygen atoms in total. The summed E-state index contributed by atoms with van der Waals surface area (Å²) in [6.45, 7) is 1.80. The molecule has 1 aromatic heterocycles. The van der Waals surface area contributed by atoms with Crippen molar-refractivity contribution < 1.29 is 4.92 Å². The minimum absolute atomic E-state index is 0.0604. The first kappa shape index (κ1) is 11.1. The minimum atomic E-state index is -0.483. The normalized spacial score (nSPS) is 10.7. The highest BCUT2D eigenvalue weighted by atomic mass is 35.5. The van der Waals surface area contributed by atoms with Crippen LogP contribution in [-0.2, 0) is 0 Å². The van der Waals surface area contributed by atoms with Crippen LogP contribution in [0.5, 0.6) is 0 Å². The number of hydrogen-bond donors (Lipinski definition) is 0. The number of aromatic nitrogens is 1. The number of nitrogens with zero attached hydrogens (tertiary/aromatic N) is 2. The summed E-state index contributed by atoms with van der Waals surface area (Å²) in [4.78, 5) is 14.4. The number of non-ortho nitro benzene ring substituents is 1. The standard InChI is InChI=1S/C10H6Cl2N2O2/c1-5-2-3-7(14(15)16)9-6(11)4-8(12)13-10(5)9/h2-4H,1H3. The van der Waals surface area contributed by atoms with Crippen molar-refractivity contribution in [3.63, 3.8) is 0 Å². The van der Waals surface area contributed by atoms with Gasteiger partial charge in [-0.1, -0.05) is 29.3 Å². The van der Waals surface area contributed by atoms with Gasteiger partial charge in [-0.05, 0) is 18.6 Å². The number of halogens is 2. The Morgan fingerprint density at radius 3 is 2.69 bits per heavy atom. The Balaban J connectivity index is 2.98. The molecule has 0 aliphatic heterocycles. The Labute approximate surface area is 101 Å². The first-order chi connectivity index (χ1) is 7.50. The van der Waals surface area contributed by atoms with E-state index in [0.29, 0.717) is 10.9 Å². The average Bonchev–Trinajstić information content (AvgIpc) is 2.19. The van der Waals surface area contributed by atoms with Crippen LogP contribution in [0.25, 0.3) is 10.9 Å². The summed E-state index contributed by atoms with van der Waals surface area (Å²) in [5, 5.41) is 11.6. The van der Waals surface area contributed by atoms with Gasteiger partial charge in [-0.3, -0.25) is 10.1 Å². The molecule has 0 aliphatic rings. The van der Waals surface area contributed by atoms with E-state index in [4.69, 9.17) is 23.2 Å². The molecule has 0 saturated carbocycles. The summed E-state index contributed by atoms with van der Waals surface area (Å²) >= 11 is 11.7. The molecule has 0 radical (unpaired) electrons. The fourth-order valence-electron chi connectivity index (χ4n) is 1.53. The van der Waals surface area contributed by atoms with Crippen molar-refractivity contribution in [1.82, 2.24) is 4.98 Å². The average molecular weight is 257 g/mol. The third-order valence-corrected chi connectivity index (χ3v) is 2.75. The van der Waals surface area contributed by atoms with E-state index in [9.17, 15) is 10.1 Å². The van der Waals surface area contributed by atoms with E-state index < -0.39 is 4.92 Å². The lowest BCUT2D eigenvalue weighted by Gasteiger charge is -2.04. The minimum Gasteiger partial charge on any atom is -0.258 e. The van der Waals surface area contributed by atoms with E-state index in [1.807, 2.05) is 0 Å². The molecule has 82 valence electrons. The third kappa shape index (κ3) is 1.70. The van der Waals surface area contributed by atoms with Gasteiger partial charge in [0.2, 0.25) is 0 Å². The van der Waals surface area contributed by atoms with E-state index >= 15 is 0 Å². The molecule has 16 heavy (non-hydrogen) atoms. The van der Waals surface area contributed by atoms with Crippen molar-refractivity contribution in [3.05, 3.63) is 44.1 Å². The van der Waals surface area contributed by atoms with Crippen LogP contribution in [0.1, 0.15) is 5.56 Å². The lowest BCUT2D eigenvalue weighted by molar-refractivity contribution is -0.383. The van der Waals surface area contributed by atoms with Gasteiger partial charge < -0.3 is 0 Å². The van der Waals surface area contributed by atoms with E-state index in [-0.39, 0.29) is 15.9 Å². The summed E-state index contributed by atoms with van der Waals surface area (Å²) in [6, 6.07) is 4.44. The molecule has 2 aromatic rings. The highest BCUT2D eigenvalue weighted by Gasteiger charge is 2.17. The van der Waals surface area contributed by atoms with Gasteiger partial charge in [0.1, 0.15) is 5.15 Å². The molecule has 0 amide bonds. The van der Waals surface area contributed by atoms with Crippen LogP contribution in [0.2, 0.25) is 10.2 Å². The fraction of sp³-hybridized carbons (Fsp3) is 0.100. The number of aryl methyl sites for hydroxylation is 1. The second-order valence-corrected chi connectivity index (χ2v) is 4.10. The van der Waals surface area contributed by atoms with Gasteiger partial charge in [-0.25, -0.2) is 4.98 Å². The molecule has 0 atom stereocenters. The van der Waals surface area contributed by atoms with Gasteiger partial charge in [0, 0.05) is 6.07 Å². The second kappa shape index (κ2) is 3.88. The molecule has 0 unspecified atom stereocenters. The van der Waals surface area contributed by atoms with Gasteiger partial charge in [0.25, 0.3) is 5.69 Å². The molecule has 0 N–H and O–H groups in total. The van der Waals surface area contributed by atoms with Crippen molar-refractivity contribution in [2.24, 2.45) is 0 Å². The molecule has 0 spiro atoms. The summed E-state index contributed by atoms with van der Waals surface area (Å²) in [5.74, 6) is 0. The summed E-state index contributed by atoms with van der Waals surface area (Å²) in [6.07, 6.45) is 0. The van der Waals surface area contributed by atoms with Crippen LogP contribution in [0.4, 0.5) is 5.69 Å². The number of nitro groups is 1. The maximum atomic E-state index is 10.8. The van der Waals surface area contributed by atoms with Crippen molar-refractivity contribution in [2.45, 2.75) is 6.92 Å². The van der Waals surface area contributed by atoms with E-state index in [0.717, 1.165) is 5.56 Å². The SMILES string of the molecule is Cc1ccc([N+](=O)[O-])c2c(Cl)cc(Cl)nc12. The van der Waals surface area contributed by atoms with Crippen molar-refractivity contribution in [2.75, 3.05) is 0 Å². The number of rotatable bonds is 1. The van der Waals surface area contributed by atoms with E-state index in [1.165, 1.54) is 12.1 Å². The smallest absolute Gasteiger partial charge is 0.258 e. The molecule has 1 aromatic carbocycles.